The van der Waals surface area contributed by atoms with Crippen LogP contribution in [0.25, 0.3) is 0 Å². The molecule has 2 aliphatic rings. The SMILES string of the molecule is C=C/C=C(\C=C)CNC(=O)C(c1cc(C)cc(Cl)c1)N(C(=O)CCc1ccc(OCCCCN(C)CCOCCOCCc2cn(CCOCCOc3ccc(NC(=O)Nc4nc(CC)cs4)cc3)nn2)cc1)C1CC1.CN1CCN(C=O)CC1. The van der Waals surface area contributed by atoms with E-state index in [0.29, 0.717) is 99.4 Å². The third-order valence-electron chi connectivity index (χ3n) is 13.9. The zero-order valence-corrected chi connectivity index (χ0v) is 51.5. The number of urea groups is 1. The Labute approximate surface area is 510 Å². The molecular formula is C63H86ClN11O9S. The average molecular weight is 1210 g/mol. The lowest BCUT2D eigenvalue weighted by Crippen LogP contribution is -2.45. The minimum Gasteiger partial charge on any atom is -0.494 e. The maximum Gasteiger partial charge on any atom is 0.325 e. The Kier molecular flexibility index (Phi) is 29.6. The second-order valence-electron chi connectivity index (χ2n) is 20.9. The third-order valence-corrected chi connectivity index (χ3v) is 14.9. The molecule has 2 aromatic heterocycles. The number of aryl methyl sites for hydroxylation is 3. The highest BCUT2D eigenvalue weighted by atomic mass is 35.5. The molecule has 1 unspecified atom stereocenters. The molecule has 20 nitrogen and oxygen atoms in total. The van der Waals surface area contributed by atoms with Crippen molar-refractivity contribution in [3.8, 4) is 11.5 Å². The van der Waals surface area contributed by atoms with E-state index >= 15 is 0 Å². The highest BCUT2D eigenvalue weighted by molar-refractivity contribution is 7.13. The summed E-state index contributed by atoms with van der Waals surface area (Å²) >= 11 is 7.86. The van der Waals surface area contributed by atoms with Crippen LogP contribution in [0.2, 0.25) is 5.02 Å². The van der Waals surface area contributed by atoms with Gasteiger partial charge in [-0.1, -0.05) is 73.3 Å². The number of piperazine rings is 1. The maximum absolute atomic E-state index is 14.0. The Balaban J connectivity index is 0.00000117. The molecule has 1 aliphatic carbocycles. The van der Waals surface area contributed by atoms with Gasteiger partial charge < -0.3 is 53.9 Å². The molecule has 0 radical (unpaired) electrons. The summed E-state index contributed by atoms with van der Waals surface area (Å²) in [6.07, 6.45) is 13.9. The first-order valence-corrected chi connectivity index (χ1v) is 30.5. The smallest absolute Gasteiger partial charge is 0.325 e. The van der Waals surface area contributed by atoms with Crippen LogP contribution in [0.15, 0.2) is 115 Å². The van der Waals surface area contributed by atoms with Gasteiger partial charge in [0.05, 0.1) is 64.2 Å². The summed E-state index contributed by atoms with van der Waals surface area (Å²) in [4.78, 5) is 62.7. The molecule has 2 fully saturated rings. The van der Waals surface area contributed by atoms with Gasteiger partial charge in [-0.05, 0) is 137 Å². The van der Waals surface area contributed by atoms with E-state index in [1.165, 1.54) is 11.3 Å². The average Bonchev–Trinajstić information content (AvgIpc) is 4.23. The fraction of sp³-hybridized carbons (Fsp3) is 0.476. The van der Waals surface area contributed by atoms with E-state index in [1.807, 2.05) is 61.8 Å². The number of halogens is 1. The molecule has 3 heterocycles. The third kappa shape index (κ3) is 25.3. The van der Waals surface area contributed by atoms with Crippen molar-refractivity contribution < 1.29 is 42.9 Å². The van der Waals surface area contributed by atoms with Crippen molar-refractivity contribution in [3.05, 3.63) is 148 Å². The predicted octanol–water partition coefficient (Wildman–Crippen LogP) is 8.83. The molecule has 3 N–H and O–H groups in total. The van der Waals surface area contributed by atoms with Gasteiger partial charge in [-0.15, -0.1) is 16.4 Å². The van der Waals surface area contributed by atoms with E-state index in [0.717, 1.165) is 112 Å². The van der Waals surface area contributed by atoms with Gasteiger partial charge in [0.1, 0.15) is 24.1 Å². The fourth-order valence-corrected chi connectivity index (χ4v) is 10.0. The molecule has 1 saturated heterocycles. The van der Waals surface area contributed by atoms with Gasteiger partial charge >= 0.3 is 6.03 Å². The number of carbonyl (C=O) groups is 4. The van der Waals surface area contributed by atoms with Gasteiger partial charge in [0.15, 0.2) is 5.13 Å². The number of anilines is 2. The highest BCUT2D eigenvalue weighted by Gasteiger charge is 2.41. The van der Waals surface area contributed by atoms with Gasteiger partial charge in [-0.25, -0.2) is 14.5 Å². The number of hydrogen-bond donors (Lipinski definition) is 3. The largest absolute Gasteiger partial charge is 0.494 e. The summed E-state index contributed by atoms with van der Waals surface area (Å²) in [7, 11) is 4.16. The second kappa shape index (κ2) is 37.4. The Morgan fingerprint density at radius 2 is 1.54 bits per heavy atom. The molecular weight excluding hydrogens is 1120 g/mol. The molecule has 22 heteroatoms. The summed E-state index contributed by atoms with van der Waals surface area (Å²) in [6, 6.07) is 19.4. The van der Waals surface area contributed by atoms with Crippen molar-refractivity contribution in [2.24, 2.45) is 0 Å². The number of likely N-dealkylation sites (N-methyl/N-ethyl adjacent to an activating group) is 2. The van der Waals surface area contributed by atoms with E-state index in [9.17, 15) is 19.2 Å². The number of aromatic nitrogens is 4. The van der Waals surface area contributed by atoms with Crippen molar-refractivity contribution in [3.63, 3.8) is 0 Å². The molecule has 0 spiro atoms. The van der Waals surface area contributed by atoms with Crippen LogP contribution in [-0.2, 0) is 54.4 Å². The molecule has 1 atom stereocenters. The lowest BCUT2D eigenvalue weighted by Gasteiger charge is -2.32. The quantitative estimate of drug-likeness (QED) is 0.0193. The summed E-state index contributed by atoms with van der Waals surface area (Å²) in [6.45, 7) is 22.0. The number of nitrogens with one attached hydrogen (secondary N) is 3. The van der Waals surface area contributed by atoms with E-state index in [1.54, 1.807) is 63.0 Å². The van der Waals surface area contributed by atoms with Crippen LogP contribution in [0.5, 0.6) is 11.5 Å². The summed E-state index contributed by atoms with van der Waals surface area (Å²) in [5.41, 5.74) is 5.90. The Morgan fingerprint density at radius 3 is 2.22 bits per heavy atom. The predicted molar refractivity (Wildman–Crippen MR) is 335 cm³/mol. The van der Waals surface area contributed by atoms with Crippen LogP contribution >= 0.6 is 22.9 Å². The first-order valence-electron chi connectivity index (χ1n) is 29.3. The zero-order chi connectivity index (χ0) is 60.6. The molecule has 85 heavy (non-hydrogen) atoms. The van der Waals surface area contributed by atoms with E-state index in [2.05, 4.69) is 68.3 Å². The lowest BCUT2D eigenvalue weighted by atomic mass is 10.00. The van der Waals surface area contributed by atoms with Gasteiger partial charge in [0, 0.05) is 80.4 Å². The van der Waals surface area contributed by atoms with Crippen LogP contribution in [0.4, 0.5) is 15.6 Å². The molecule has 5 amide bonds. The monoisotopic (exact) mass is 1210 g/mol. The molecule has 0 bridgehead atoms. The lowest BCUT2D eigenvalue weighted by molar-refractivity contribution is -0.141. The molecule has 1 aliphatic heterocycles. The minimum atomic E-state index is -0.809. The number of rotatable bonds is 37. The molecule has 1 saturated carbocycles. The van der Waals surface area contributed by atoms with Crippen LogP contribution in [0.3, 0.4) is 0 Å². The van der Waals surface area contributed by atoms with Gasteiger partial charge in [0.25, 0.3) is 0 Å². The minimum absolute atomic E-state index is 0.00497. The van der Waals surface area contributed by atoms with Gasteiger partial charge in [-0.3, -0.25) is 19.7 Å². The molecule has 460 valence electrons. The first kappa shape index (κ1) is 67.2. The normalized spacial score (nSPS) is 13.8. The van der Waals surface area contributed by atoms with Gasteiger partial charge in [0.2, 0.25) is 18.2 Å². The van der Waals surface area contributed by atoms with Crippen LogP contribution < -0.4 is 25.4 Å². The number of thiazole rings is 1. The second-order valence-corrected chi connectivity index (χ2v) is 22.1. The molecule has 7 rings (SSSR count). The highest BCUT2D eigenvalue weighted by Crippen LogP contribution is 2.37. The number of hydrogen-bond acceptors (Lipinski definition) is 15. The number of ether oxygens (including phenoxy) is 5. The van der Waals surface area contributed by atoms with Crippen molar-refractivity contribution in [1.82, 2.24) is 44.9 Å². The van der Waals surface area contributed by atoms with E-state index in [-0.39, 0.29) is 36.9 Å². The van der Waals surface area contributed by atoms with Crippen molar-refractivity contribution in [2.45, 2.75) is 83.8 Å². The summed E-state index contributed by atoms with van der Waals surface area (Å²) in [5.74, 6) is 1.14. The number of nitrogens with zero attached hydrogens (tertiary/aromatic N) is 8. The van der Waals surface area contributed by atoms with Crippen molar-refractivity contribution in [2.75, 3.05) is 123 Å². The number of unbranched alkanes of at least 4 members (excludes halogenated alkanes) is 1. The van der Waals surface area contributed by atoms with E-state index in [4.69, 9.17) is 35.3 Å². The van der Waals surface area contributed by atoms with Gasteiger partial charge in [-0.2, -0.15) is 0 Å². The van der Waals surface area contributed by atoms with Crippen LogP contribution in [-0.4, -0.2) is 183 Å². The number of carbonyl (C=O) groups excluding carboxylic acids is 4. The standard InChI is InChI=1S/C57H74ClN9O8S.C6H12N2O/c1-6-11-43(7-2)39-59-55(69)54(45-36-42(4)37-46(58)38-45)67(50-17-18-50)53(68)23-14-44-12-19-51(20-13-44)74-28-10-9-25-65(5)26-30-72-33-32-71-29-24-49-40-66(64-63-49)27-31-73-34-35-75-52-21-15-48(16-22-52)60-56(70)62-57-61-47(8-3)41-76-57;1-7-2-4-8(6-9)5-3-7/h6-7,11-13,15-16,19-22,36-38,40-41,50,54H,1-2,8-10,14,17-18,23-35,39H2,3-5H3,(H,59,69)(H2,60,61,62,70);6H,2-5H2,1H3/b43-11+;. The van der Waals surface area contributed by atoms with Crippen LogP contribution in [0, 0.1) is 6.92 Å². The summed E-state index contributed by atoms with van der Waals surface area (Å²) < 4.78 is 30.9. The van der Waals surface area contributed by atoms with Crippen molar-refractivity contribution in [1.29, 1.82) is 0 Å². The summed E-state index contributed by atoms with van der Waals surface area (Å²) in [5, 5.41) is 20.0. The first-order chi connectivity index (χ1) is 41.3. The van der Waals surface area contributed by atoms with Crippen molar-refractivity contribution >= 4 is 58.0 Å². The molecule has 3 aromatic carbocycles. The number of benzene rings is 3. The zero-order valence-electron chi connectivity index (χ0n) is 49.9. The fourth-order valence-electron chi connectivity index (χ4n) is 8.93. The Hall–Kier alpha value is -6.98. The maximum atomic E-state index is 14.0. The van der Waals surface area contributed by atoms with Crippen LogP contribution in [0.1, 0.15) is 73.1 Å². The Morgan fingerprint density at radius 1 is 0.835 bits per heavy atom. The topological polar surface area (TPSA) is 207 Å². The number of allylic oxidation sites excluding steroid dienone is 2. The number of amides is 5. The Bertz CT molecular complexity index is 2840. The van der Waals surface area contributed by atoms with E-state index < -0.39 is 6.04 Å². The molecule has 5 aromatic rings.